The van der Waals surface area contributed by atoms with E-state index in [-0.39, 0.29) is 24.2 Å². The summed E-state index contributed by atoms with van der Waals surface area (Å²) >= 11 is 0. The second kappa shape index (κ2) is 5.55. The lowest BCUT2D eigenvalue weighted by atomic mass is 10.2. The molecule has 0 saturated carbocycles. The molecule has 0 spiro atoms. The molecule has 2 N–H and O–H groups in total. The molecule has 8 nitrogen and oxygen atoms in total. The van der Waals surface area contributed by atoms with Gasteiger partial charge >= 0.3 is 5.97 Å². The van der Waals surface area contributed by atoms with Crippen molar-refractivity contribution < 1.29 is 19.1 Å². The summed E-state index contributed by atoms with van der Waals surface area (Å²) in [5.41, 5.74) is -0.201. The van der Waals surface area contributed by atoms with Crippen LogP contribution in [-0.4, -0.2) is 32.0 Å². The van der Waals surface area contributed by atoms with Crippen molar-refractivity contribution in [1.82, 2.24) is 20.3 Å². The molecule has 0 radical (unpaired) electrons. The van der Waals surface area contributed by atoms with E-state index in [1.54, 1.807) is 13.0 Å². The van der Waals surface area contributed by atoms with Gasteiger partial charge in [0.1, 0.15) is 18.1 Å². The van der Waals surface area contributed by atoms with Crippen molar-refractivity contribution in [2.24, 2.45) is 0 Å². The Morgan fingerprint density at radius 1 is 1.50 bits per heavy atom. The van der Waals surface area contributed by atoms with Gasteiger partial charge in [-0.25, -0.2) is 9.48 Å². The molecule has 0 fully saturated rings. The number of aromatic nitrogens is 3. The van der Waals surface area contributed by atoms with E-state index in [1.165, 1.54) is 10.9 Å². The maximum Gasteiger partial charge on any atom is 0.358 e. The van der Waals surface area contributed by atoms with E-state index >= 15 is 0 Å². The Bertz CT molecular complexity index is 631. The first kappa shape index (κ1) is 13.8. The first-order valence-electron chi connectivity index (χ1n) is 5.95. The predicted molar refractivity (Wildman–Crippen MR) is 67.0 cm³/mol. The summed E-state index contributed by atoms with van der Waals surface area (Å²) in [6.45, 7) is 3.51. The van der Waals surface area contributed by atoms with Gasteiger partial charge in [-0.2, -0.15) is 0 Å². The number of nitrogens with one attached hydrogen (secondary N) is 1. The number of carbonyl (C=O) groups is 2. The number of rotatable bonds is 5. The fourth-order valence-corrected chi connectivity index (χ4v) is 1.67. The maximum absolute atomic E-state index is 11.8. The molecule has 2 aromatic rings. The summed E-state index contributed by atoms with van der Waals surface area (Å²) in [7, 11) is 0. The van der Waals surface area contributed by atoms with Gasteiger partial charge in [0.2, 0.25) is 5.91 Å². The maximum atomic E-state index is 11.8. The van der Waals surface area contributed by atoms with Gasteiger partial charge in [0.15, 0.2) is 5.69 Å². The van der Waals surface area contributed by atoms with Crippen LogP contribution in [0, 0.1) is 6.92 Å². The number of aryl methyl sites for hydroxylation is 1. The zero-order valence-electron chi connectivity index (χ0n) is 11.0. The number of furan rings is 1. The van der Waals surface area contributed by atoms with E-state index in [0.717, 1.165) is 5.76 Å². The number of aromatic carboxylic acids is 1. The summed E-state index contributed by atoms with van der Waals surface area (Å²) in [6.07, 6.45) is 1.20. The van der Waals surface area contributed by atoms with Gasteiger partial charge in [-0.05, 0) is 26.0 Å². The third-order valence-electron chi connectivity index (χ3n) is 2.63. The van der Waals surface area contributed by atoms with Gasteiger partial charge in [-0.3, -0.25) is 4.79 Å². The van der Waals surface area contributed by atoms with E-state index in [4.69, 9.17) is 9.52 Å². The lowest BCUT2D eigenvalue weighted by Gasteiger charge is -2.11. The third kappa shape index (κ3) is 3.22. The Morgan fingerprint density at radius 3 is 2.80 bits per heavy atom. The predicted octanol–water partition coefficient (Wildman–Crippen LogP) is 0.755. The first-order chi connectivity index (χ1) is 9.45. The molecular weight excluding hydrogens is 264 g/mol. The molecule has 20 heavy (non-hydrogen) atoms. The molecule has 2 aromatic heterocycles. The molecule has 2 rings (SSSR count). The average molecular weight is 278 g/mol. The Morgan fingerprint density at radius 2 is 2.25 bits per heavy atom. The Labute approximate surface area is 114 Å². The molecule has 0 bridgehead atoms. The number of nitrogens with zero attached hydrogens (tertiary/aromatic N) is 3. The minimum Gasteiger partial charge on any atom is -0.476 e. The zero-order chi connectivity index (χ0) is 14.7. The molecule has 0 aliphatic heterocycles. The Kier molecular flexibility index (Phi) is 3.83. The molecule has 1 amide bonds. The van der Waals surface area contributed by atoms with Crippen LogP contribution in [0.4, 0.5) is 0 Å². The lowest BCUT2D eigenvalue weighted by Crippen LogP contribution is -2.30. The van der Waals surface area contributed by atoms with Gasteiger partial charge in [-0.1, -0.05) is 5.21 Å². The smallest absolute Gasteiger partial charge is 0.358 e. The van der Waals surface area contributed by atoms with E-state index < -0.39 is 5.97 Å². The normalized spacial score (nSPS) is 12.1. The quantitative estimate of drug-likeness (QED) is 0.835. The minimum atomic E-state index is -1.18. The molecular formula is C12H14N4O4. The number of hydrogen-bond donors (Lipinski definition) is 2. The molecule has 0 aliphatic rings. The molecule has 1 unspecified atom stereocenters. The second-order valence-corrected chi connectivity index (χ2v) is 4.34. The molecule has 106 valence electrons. The number of amides is 1. The number of carbonyl (C=O) groups excluding carboxylic acids is 1. The molecule has 2 heterocycles. The van der Waals surface area contributed by atoms with Crippen LogP contribution in [0.15, 0.2) is 22.7 Å². The molecule has 0 saturated heterocycles. The largest absolute Gasteiger partial charge is 0.476 e. The van der Waals surface area contributed by atoms with Crippen LogP contribution in [-0.2, 0) is 11.3 Å². The van der Waals surface area contributed by atoms with Crippen LogP contribution in [0.5, 0.6) is 0 Å². The number of carboxylic acid groups (broad SMARTS) is 1. The van der Waals surface area contributed by atoms with Crippen molar-refractivity contribution in [1.29, 1.82) is 0 Å². The molecule has 0 aliphatic carbocycles. The van der Waals surface area contributed by atoms with Crippen LogP contribution in [0.25, 0.3) is 0 Å². The van der Waals surface area contributed by atoms with E-state index in [0.29, 0.717) is 5.76 Å². The van der Waals surface area contributed by atoms with Crippen molar-refractivity contribution in [2.45, 2.75) is 26.4 Å². The number of carboxylic acids is 1. The first-order valence-corrected chi connectivity index (χ1v) is 5.95. The monoisotopic (exact) mass is 278 g/mol. The molecule has 0 aromatic carbocycles. The molecule has 1 atom stereocenters. The van der Waals surface area contributed by atoms with Crippen molar-refractivity contribution in [3.8, 4) is 0 Å². The second-order valence-electron chi connectivity index (χ2n) is 4.34. The van der Waals surface area contributed by atoms with E-state index in [2.05, 4.69) is 15.6 Å². The van der Waals surface area contributed by atoms with Gasteiger partial charge in [0.25, 0.3) is 0 Å². The lowest BCUT2D eigenvalue weighted by molar-refractivity contribution is -0.122. The van der Waals surface area contributed by atoms with Crippen molar-refractivity contribution >= 4 is 11.9 Å². The SMILES string of the molecule is Cc1ccc(C(C)NC(=O)Cn2cc(C(=O)O)nn2)o1. The summed E-state index contributed by atoms with van der Waals surface area (Å²) < 4.78 is 6.57. The van der Waals surface area contributed by atoms with Gasteiger partial charge in [-0.15, -0.1) is 5.10 Å². The van der Waals surface area contributed by atoms with E-state index in [1.807, 2.05) is 13.0 Å². The van der Waals surface area contributed by atoms with Crippen molar-refractivity contribution in [3.63, 3.8) is 0 Å². The van der Waals surface area contributed by atoms with Gasteiger partial charge < -0.3 is 14.8 Å². The van der Waals surface area contributed by atoms with Crippen LogP contribution < -0.4 is 5.32 Å². The Hall–Kier alpha value is -2.64. The van der Waals surface area contributed by atoms with Gasteiger partial charge in [0, 0.05) is 0 Å². The van der Waals surface area contributed by atoms with Crippen LogP contribution in [0.1, 0.15) is 35.0 Å². The third-order valence-corrected chi connectivity index (χ3v) is 2.63. The summed E-state index contributed by atoms with van der Waals surface area (Å²) in [5, 5.41) is 18.4. The highest BCUT2D eigenvalue weighted by Gasteiger charge is 2.14. The topological polar surface area (TPSA) is 110 Å². The fourth-order valence-electron chi connectivity index (χ4n) is 1.67. The standard InChI is InChI=1S/C12H14N4O4/c1-7-3-4-10(20-7)8(2)13-11(17)6-16-5-9(12(18)19)14-15-16/h3-5,8H,6H2,1-2H3,(H,13,17)(H,18,19). The van der Waals surface area contributed by atoms with Crippen LogP contribution >= 0.6 is 0 Å². The summed E-state index contributed by atoms with van der Waals surface area (Å²) in [4.78, 5) is 22.4. The molecule has 8 heteroatoms. The number of hydrogen-bond acceptors (Lipinski definition) is 5. The fraction of sp³-hybridized carbons (Fsp3) is 0.333. The van der Waals surface area contributed by atoms with Crippen molar-refractivity contribution in [3.05, 3.63) is 35.5 Å². The van der Waals surface area contributed by atoms with Crippen LogP contribution in [0.2, 0.25) is 0 Å². The highest BCUT2D eigenvalue weighted by atomic mass is 16.4. The Balaban J connectivity index is 1.93. The summed E-state index contributed by atoms with van der Waals surface area (Å²) in [5.74, 6) is -0.0754. The average Bonchev–Trinajstić information content (AvgIpc) is 2.98. The van der Waals surface area contributed by atoms with Gasteiger partial charge in [0.05, 0.1) is 12.2 Å². The van der Waals surface area contributed by atoms with Crippen LogP contribution in [0.3, 0.4) is 0 Å². The van der Waals surface area contributed by atoms with E-state index in [9.17, 15) is 9.59 Å². The highest BCUT2D eigenvalue weighted by molar-refractivity contribution is 5.84. The minimum absolute atomic E-state index is 0.107. The van der Waals surface area contributed by atoms with Crippen molar-refractivity contribution in [2.75, 3.05) is 0 Å². The highest BCUT2D eigenvalue weighted by Crippen LogP contribution is 2.15. The summed E-state index contributed by atoms with van der Waals surface area (Å²) in [6, 6.07) is 3.32. The zero-order valence-corrected chi connectivity index (χ0v) is 11.0.